The summed E-state index contributed by atoms with van der Waals surface area (Å²) in [6, 6.07) is 0. The van der Waals surface area contributed by atoms with Crippen molar-refractivity contribution >= 4 is 5.91 Å². The molecular weight excluding hydrogens is 150 g/mol. The summed E-state index contributed by atoms with van der Waals surface area (Å²) < 4.78 is 0. The van der Waals surface area contributed by atoms with Gasteiger partial charge in [0, 0.05) is 20.0 Å². The summed E-state index contributed by atoms with van der Waals surface area (Å²) in [7, 11) is 0. The van der Waals surface area contributed by atoms with Crippen molar-refractivity contribution in [3.8, 4) is 0 Å². The number of hydrogen-bond donors (Lipinski definition) is 0. The molecule has 2 nitrogen and oxygen atoms in total. The van der Waals surface area contributed by atoms with Crippen molar-refractivity contribution in [2.45, 2.75) is 39.5 Å². The third-order valence-electron chi connectivity index (χ3n) is 2.87. The standard InChI is InChI=1S/C10H19NO/c1-3-10-5-4-7-11(8-6-10)9(2)12/h10H,3-8H2,1-2H3. The average Bonchev–Trinajstić information content (AvgIpc) is 2.28. The van der Waals surface area contributed by atoms with Crippen molar-refractivity contribution in [2.24, 2.45) is 5.92 Å². The van der Waals surface area contributed by atoms with Gasteiger partial charge in [0.2, 0.25) is 5.91 Å². The van der Waals surface area contributed by atoms with Gasteiger partial charge < -0.3 is 4.90 Å². The van der Waals surface area contributed by atoms with Gasteiger partial charge in [0.25, 0.3) is 0 Å². The van der Waals surface area contributed by atoms with Crippen molar-refractivity contribution in [1.82, 2.24) is 4.90 Å². The van der Waals surface area contributed by atoms with Crippen LogP contribution in [0.2, 0.25) is 0 Å². The lowest BCUT2D eigenvalue weighted by molar-refractivity contribution is -0.128. The number of rotatable bonds is 1. The summed E-state index contributed by atoms with van der Waals surface area (Å²) in [6.07, 6.45) is 4.97. The third kappa shape index (κ3) is 2.50. The highest BCUT2D eigenvalue weighted by atomic mass is 16.2. The van der Waals surface area contributed by atoms with Crippen molar-refractivity contribution in [3.05, 3.63) is 0 Å². The van der Waals surface area contributed by atoms with Crippen LogP contribution in [0.5, 0.6) is 0 Å². The van der Waals surface area contributed by atoms with Gasteiger partial charge in [0.15, 0.2) is 0 Å². The molecule has 1 aliphatic heterocycles. The van der Waals surface area contributed by atoms with E-state index < -0.39 is 0 Å². The summed E-state index contributed by atoms with van der Waals surface area (Å²) in [4.78, 5) is 13.1. The molecule has 1 atom stereocenters. The van der Waals surface area contributed by atoms with Crippen LogP contribution in [0.3, 0.4) is 0 Å². The average molecular weight is 169 g/mol. The Hall–Kier alpha value is -0.530. The molecule has 0 N–H and O–H groups in total. The highest BCUT2D eigenvalue weighted by molar-refractivity contribution is 5.73. The fourth-order valence-corrected chi connectivity index (χ4v) is 1.89. The highest BCUT2D eigenvalue weighted by Crippen LogP contribution is 2.19. The first-order valence-electron chi connectivity index (χ1n) is 4.99. The van der Waals surface area contributed by atoms with Crippen LogP contribution in [0, 0.1) is 5.92 Å². The van der Waals surface area contributed by atoms with E-state index in [-0.39, 0.29) is 5.91 Å². The highest BCUT2D eigenvalue weighted by Gasteiger charge is 2.16. The minimum Gasteiger partial charge on any atom is -0.343 e. The summed E-state index contributed by atoms with van der Waals surface area (Å²) >= 11 is 0. The predicted molar refractivity (Wildman–Crippen MR) is 49.9 cm³/mol. The number of amides is 1. The largest absolute Gasteiger partial charge is 0.343 e. The molecule has 0 aromatic heterocycles. The summed E-state index contributed by atoms with van der Waals surface area (Å²) in [6.45, 7) is 5.88. The van der Waals surface area contributed by atoms with Crippen LogP contribution in [0.25, 0.3) is 0 Å². The Morgan fingerprint density at radius 2 is 2.17 bits per heavy atom. The minimum absolute atomic E-state index is 0.242. The molecular formula is C10H19NO. The lowest BCUT2D eigenvalue weighted by Crippen LogP contribution is -2.29. The maximum absolute atomic E-state index is 11.1. The Morgan fingerprint density at radius 1 is 1.42 bits per heavy atom. The van der Waals surface area contributed by atoms with Crippen molar-refractivity contribution in [1.29, 1.82) is 0 Å². The van der Waals surface area contributed by atoms with E-state index in [1.165, 1.54) is 25.7 Å². The molecule has 1 fully saturated rings. The zero-order valence-corrected chi connectivity index (χ0v) is 8.18. The smallest absolute Gasteiger partial charge is 0.219 e. The second-order valence-corrected chi connectivity index (χ2v) is 3.71. The van der Waals surface area contributed by atoms with E-state index >= 15 is 0 Å². The summed E-state index contributed by atoms with van der Waals surface area (Å²) in [5, 5.41) is 0. The quantitative estimate of drug-likeness (QED) is 0.588. The van der Waals surface area contributed by atoms with Crippen LogP contribution in [-0.4, -0.2) is 23.9 Å². The first kappa shape index (κ1) is 9.56. The molecule has 1 amide bonds. The zero-order chi connectivity index (χ0) is 8.97. The van der Waals surface area contributed by atoms with Gasteiger partial charge in [-0.2, -0.15) is 0 Å². The Labute approximate surface area is 74.9 Å². The third-order valence-corrected chi connectivity index (χ3v) is 2.87. The molecule has 1 heterocycles. The van der Waals surface area contributed by atoms with Crippen LogP contribution in [0.15, 0.2) is 0 Å². The van der Waals surface area contributed by atoms with Crippen LogP contribution < -0.4 is 0 Å². The number of likely N-dealkylation sites (tertiary alicyclic amines) is 1. The lowest BCUT2D eigenvalue weighted by Gasteiger charge is -2.17. The second-order valence-electron chi connectivity index (χ2n) is 3.71. The van der Waals surface area contributed by atoms with Crippen LogP contribution in [0.4, 0.5) is 0 Å². The molecule has 0 bridgehead atoms. The number of hydrogen-bond acceptors (Lipinski definition) is 1. The molecule has 0 saturated carbocycles. The molecule has 12 heavy (non-hydrogen) atoms. The van der Waals surface area contributed by atoms with Gasteiger partial charge in [0.1, 0.15) is 0 Å². The fraction of sp³-hybridized carbons (Fsp3) is 0.900. The van der Waals surface area contributed by atoms with E-state index in [1.54, 1.807) is 6.92 Å². The first-order valence-corrected chi connectivity index (χ1v) is 4.99. The van der Waals surface area contributed by atoms with Crippen molar-refractivity contribution in [2.75, 3.05) is 13.1 Å². The van der Waals surface area contributed by atoms with Crippen molar-refractivity contribution in [3.63, 3.8) is 0 Å². The lowest BCUT2D eigenvalue weighted by atomic mass is 9.98. The molecule has 2 heteroatoms. The van der Waals surface area contributed by atoms with Gasteiger partial charge in [-0.3, -0.25) is 4.79 Å². The molecule has 1 rings (SSSR count). The molecule has 1 unspecified atom stereocenters. The number of carbonyl (C=O) groups excluding carboxylic acids is 1. The maximum atomic E-state index is 11.1. The first-order chi connectivity index (χ1) is 5.74. The van der Waals surface area contributed by atoms with Gasteiger partial charge in [-0.15, -0.1) is 0 Å². The zero-order valence-electron chi connectivity index (χ0n) is 8.18. The minimum atomic E-state index is 0.242. The maximum Gasteiger partial charge on any atom is 0.219 e. The molecule has 0 aliphatic carbocycles. The Kier molecular flexibility index (Phi) is 3.57. The number of carbonyl (C=O) groups is 1. The Balaban J connectivity index is 2.39. The molecule has 0 aromatic rings. The van der Waals surface area contributed by atoms with E-state index in [2.05, 4.69) is 6.92 Å². The van der Waals surface area contributed by atoms with Crippen molar-refractivity contribution < 1.29 is 4.79 Å². The normalized spacial score (nSPS) is 25.2. The molecule has 0 aromatic carbocycles. The van der Waals surface area contributed by atoms with Gasteiger partial charge >= 0.3 is 0 Å². The monoisotopic (exact) mass is 169 g/mol. The van der Waals surface area contributed by atoms with Gasteiger partial charge in [0.05, 0.1) is 0 Å². The molecule has 0 spiro atoms. The molecule has 0 radical (unpaired) electrons. The van der Waals surface area contributed by atoms with E-state index in [1.807, 2.05) is 4.90 Å². The summed E-state index contributed by atoms with van der Waals surface area (Å²) in [5.74, 6) is 1.10. The van der Waals surface area contributed by atoms with E-state index in [0.717, 1.165) is 19.0 Å². The second kappa shape index (κ2) is 4.48. The topological polar surface area (TPSA) is 20.3 Å². The van der Waals surface area contributed by atoms with E-state index in [0.29, 0.717) is 0 Å². The number of nitrogens with zero attached hydrogens (tertiary/aromatic N) is 1. The van der Waals surface area contributed by atoms with Gasteiger partial charge in [-0.25, -0.2) is 0 Å². The van der Waals surface area contributed by atoms with E-state index in [4.69, 9.17) is 0 Å². The Bertz CT molecular complexity index is 156. The Morgan fingerprint density at radius 3 is 2.75 bits per heavy atom. The van der Waals surface area contributed by atoms with Gasteiger partial charge in [-0.05, 0) is 25.2 Å². The molecule has 70 valence electrons. The fourth-order valence-electron chi connectivity index (χ4n) is 1.89. The summed E-state index contributed by atoms with van der Waals surface area (Å²) in [5.41, 5.74) is 0. The van der Waals surface area contributed by atoms with E-state index in [9.17, 15) is 4.79 Å². The van der Waals surface area contributed by atoms with Crippen LogP contribution in [0.1, 0.15) is 39.5 Å². The molecule has 1 saturated heterocycles. The van der Waals surface area contributed by atoms with Gasteiger partial charge in [-0.1, -0.05) is 13.3 Å². The SMILES string of the molecule is CCC1CCCN(C(C)=O)CC1. The predicted octanol–water partition coefficient (Wildman–Crippen LogP) is 2.04. The van der Waals surface area contributed by atoms with Crippen LogP contribution in [-0.2, 0) is 4.79 Å². The molecule has 1 aliphatic rings. The van der Waals surface area contributed by atoms with Crippen LogP contribution >= 0.6 is 0 Å².